The molecule has 0 saturated carbocycles. The maximum atomic E-state index is 11.9. The zero-order valence-corrected chi connectivity index (χ0v) is 12.4. The van der Waals surface area contributed by atoms with Crippen molar-refractivity contribution in [3.8, 4) is 0 Å². The van der Waals surface area contributed by atoms with Crippen LogP contribution in [0.3, 0.4) is 0 Å². The van der Waals surface area contributed by atoms with Crippen LogP contribution in [-0.4, -0.2) is 50.1 Å². The number of amides is 1. The third-order valence-corrected chi connectivity index (χ3v) is 3.30. The van der Waals surface area contributed by atoms with Gasteiger partial charge in [0.1, 0.15) is 0 Å². The van der Waals surface area contributed by atoms with E-state index in [0.29, 0.717) is 12.5 Å². The third-order valence-electron chi connectivity index (χ3n) is 3.30. The van der Waals surface area contributed by atoms with Crippen LogP contribution in [0, 0.1) is 11.3 Å². The largest absolute Gasteiger partial charge is 0.354 e. The SMILES string of the molecule is CC(C)CC(C)(C)CNC(=O)CN1CCNCC1. The van der Waals surface area contributed by atoms with Crippen LogP contribution in [0.5, 0.6) is 0 Å². The number of piperazine rings is 1. The zero-order valence-electron chi connectivity index (χ0n) is 12.4. The van der Waals surface area contributed by atoms with E-state index in [-0.39, 0.29) is 11.3 Å². The number of rotatable bonds is 6. The van der Waals surface area contributed by atoms with Crippen LogP contribution < -0.4 is 10.6 Å². The van der Waals surface area contributed by atoms with E-state index in [2.05, 4.69) is 43.2 Å². The highest BCUT2D eigenvalue weighted by Gasteiger charge is 2.21. The smallest absolute Gasteiger partial charge is 0.234 e. The summed E-state index contributed by atoms with van der Waals surface area (Å²) in [5.74, 6) is 0.832. The van der Waals surface area contributed by atoms with Crippen LogP contribution in [-0.2, 0) is 4.79 Å². The number of carbonyl (C=O) groups excluding carboxylic acids is 1. The lowest BCUT2D eigenvalue weighted by molar-refractivity contribution is -0.122. The lowest BCUT2D eigenvalue weighted by atomic mass is 9.84. The van der Waals surface area contributed by atoms with Gasteiger partial charge in [-0.05, 0) is 17.8 Å². The number of carbonyl (C=O) groups is 1. The number of nitrogens with zero attached hydrogens (tertiary/aromatic N) is 1. The van der Waals surface area contributed by atoms with Crippen LogP contribution >= 0.6 is 0 Å². The van der Waals surface area contributed by atoms with Gasteiger partial charge in [0.05, 0.1) is 6.54 Å². The molecule has 0 radical (unpaired) electrons. The highest BCUT2D eigenvalue weighted by atomic mass is 16.2. The Labute approximate surface area is 111 Å². The van der Waals surface area contributed by atoms with Crippen molar-refractivity contribution < 1.29 is 4.79 Å². The third kappa shape index (κ3) is 6.36. The van der Waals surface area contributed by atoms with Crippen molar-refractivity contribution >= 4 is 5.91 Å². The van der Waals surface area contributed by atoms with Crippen LogP contribution in [0.2, 0.25) is 0 Å². The Morgan fingerprint density at radius 2 is 1.94 bits per heavy atom. The summed E-state index contributed by atoms with van der Waals surface area (Å²) in [6, 6.07) is 0. The number of nitrogens with one attached hydrogen (secondary N) is 2. The van der Waals surface area contributed by atoms with E-state index in [1.165, 1.54) is 0 Å². The Balaban J connectivity index is 2.23. The topological polar surface area (TPSA) is 44.4 Å². The Kier molecular flexibility index (Phi) is 6.09. The summed E-state index contributed by atoms with van der Waals surface area (Å²) in [7, 11) is 0. The highest BCUT2D eigenvalue weighted by molar-refractivity contribution is 5.78. The minimum absolute atomic E-state index is 0.161. The minimum atomic E-state index is 0.161. The van der Waals surface area contributed by atoms with Gasteiger partial charge in [0, 0.05) is 32.7 Å². The summed E-state index contributed by atoms with van der Waals surface area (Å²) in [6.45, 7) is 14.1. The Hall–Kier alpha value is -0.610. The molecule has 1 rings (SSSR count). The van der Waals surface area contributed by atoms with Gasteiger partial charge >= 0.3 is 0 Å². The predicted molar refractivity (Wildman–Crippen MR) is 75.6 cm³/mol. The van der Waals surface area contributed by atoms with E-state index >= 15 is 0 Å². The molecule has 0 aromatic heterocycles. The molecule has 2 N–H and O–H groups in total. The second-order valence-corrected chi connectivity index (χ2v) is 6.57. The first-order chi connectivity index (χ1) is 8.39. The lowest BCUT2D eigenvalue weighted by Gasteiger charge is -2.29. The maximum absolute atomic E-state index is 11.9. The second kappa shape index (κ2) is 7.10. The van der Waals surface area contributed by atoms with Crippen molar-refractivity contribution in [3.05, 3.63) is 0 Å². The molecule has 1 aliphatic heterocycles. The lowest BCUT2D eigenvalue weighted by Crippen LogP contribution is -2.48. The summed E-state index contributed by atoms with van der Waals surface area (Å²) >= 11 is 0. The molecule has 1 saturated heterocycles. The van der Waals surface area contributed by atoms with Gasteiger partial charge in [0.25, 0.3) is 0 Å². The van der Waals surface area contributed by atoms with Gasteiger partial charge in [0.15, 0.2) is 0 Å². The molecule has 0 aromatic rings. The molecule has 4 heteroatoms. The van der Waals surface area contributed by atoms with E-state index in [4.69, 9.17) is 0 Å². The van der Waals surface area contributed by atoms with Crippen molar-refractivity contribution in [2.24, 2.45) is 11.3 Å². The normalized spacial score (nSPS) is 18.1. The van der Waals surface area contributed by atoms with Gasteiger partial charge in [-0.2, -0.15) is 0 Å². The van der Waals surface area contributed by atoms with Gasteiger partial charge in [-0.3, -0.25) is 9.69 Å². The fourth-order valence-corrected chi connectivity index (χ4v) is 2.64. The average Bonchev–Trinajstić information content (AvgIpc) is 2.26. The molecule has 0 atom stereocenters. The molecule has 0 unspecified atom stereocenters. The van der Waals surface area contributed by atoms with Crippen molar-refractivity contribution in [3.63, 3.8) is 0 Å². The number of hydrogen-bond acceptors (Lipinski definition) is 3. The van der Waals surface area contributed by atoms with E-state index in [1.54, 1.807) is 0 Å². The number of hydrogen-bond donors (Lipinski definition) is 2. The van der Waals surface area contributed by atoms with Crippen molar-refractivity contribution in [1.82, 2.24) is 15.5 Å². The molecular weight excluding hydrogens is 226 g/mol. The maximum Gasteiger partial charge on any atom is 0.234 e. The van der Waals surface area contributed by atoms with Gasteiger partial charge in [-0.25, -0.2) is 0 Å². The summed E-state index contributed by atoms with van der Waals surface area (Å²) < 4.78 is 0. The monoisotopic (exact) mass is 255 g/mol. The molecule has 0 aromatic carbocycles. The first kappa shape index (κ1) is 15.4. The first-order valence-electron chi connectivity index (χ1n) is 7.09. The molecule has 4 nitrogen and oxygen atoms in total. The van der Waals surface area contributed by atoms with E-state index < -0.39 is 0 Å². The molecule has 18 heavy (non-hydrogen) atoms. The second-order valence-electron chi connectivity index (χ2n) is 6.57. The Bertz CT molecular complexity index is 258. The molecule has 1 heterocycles. The van der Waals surface area contributed by atoms with Gasteiger partial charge < -0.3 is 10.6 Å². The summed E-state index contributed by atoms with van der Waals surface area (Å²) in [6.07, 6.45) is 1.14. The van der Waals surface area contributed by atoms with Crippen LogP contribution in [0.25, 0.3) is 0 Å². The zero-order chi connectivity index (χ0) is 13.6. The molecule has 1 aliphatic rings. The standard InChI is InChI=1S/C14H29N3O/c1-12(2)9-14(3,4)11-16-13(18)10-17-7-5-15-6-8-17/h12,15H,5-11H2,1-4H3,(H,16,18). The molecular formula is C14H29N3O. The molecule has 0 aliphatic carbocycles. The molecule has 0 bridgehead atoms. The first-order valence-corrected chi connectivity index (χ1v) is 7.09. The van der Waals surface area contributed by atoms with Crippen molar-refractivity contribution in [2.45, 2.75) is 34.1 Å². The molecule has 0 spiro atoms. The van der Waals surface area contributed by atoms with E-state index in [0.717, 1.165) is 39.1 Å². The van der Waals surface area contributed by atoms with Crippen molar-refractivity contribution in [1.29, 1.82) is 0 Å². The molecule has 106 valence electrons. The van der Waals surface area contributed by atoms with E-state index in [9.17, 15) is 4.79 Å². The quantitative estimate of drug-likeness (QED) is 0.746. The van der Waals surface area contributed by atoms with Gasteiger partial charge in [-0.1, -0.05) is 27.7 Å². The summed E-state index contributed by atoms with van der Waals surface area (Å²) in [5, 5.41) is 6.37. The van der Waals surface area contributed by atoms with Gasteiger partial charge in [-0.15, -0.1) is 0 Å². The van der Waals surface area contributed by atoms with E-state index in [1.807, 2.05) is 0 Å². The minimum Gasteiger partial charge on any atom is -0.354 e. The van der Waals surface area contributed by atoms with Crippen LogP contribution in [0.1, 0.15) is 34.1 Å². The van der Waals surface area contributed by atoms with Crippen LogP contribution in [0.4, 0.5) is 0 Å². The Morgan fingerprint density at radius 1 is 1.33 bits per heavy atom. The molecule has 1 amide bonds. The van der Waals surface area contributed by atoms with Gasteiger partial charge in [0.2, 0.25) is 5.91 Å². The summed E-state index contributed by atoms with van der Waals surface area (Å²) in [5.41, 5.74) is 0.188. The predicted octanol–water partition coefficient (Wildman–Crippen LogP) is 1.08. The molecule has 1 fully saturated rings. The fourth-order valence-electron chi connectivity index (χ4n) is 2.64. The van der Waals surface area contributed by atoms with Crippen molar-refractivity contribution in [2.75, 3.05) is 39.3 Å². The Morgan fingerprint density at radius 3 is 2.50 bits per heavy atom. The average molecular weight is 255 g/mol. The fraction of sp³-hybridized carbons (Fsp3) is 0.929. The van der Waals surface area contributed by atoms with Crippen LogP contribution in [0.15, 0.2) is 0 Å². The summed E-state index contributed by atoms with van der Waals surface area (Å²) in [4.78, 5) is 14.1. The highest BCUT2D eigenvalue weighted by Crippen LogP contribution is 2.23.